The van der Waals surface area contributed by atoms with Crippen LogP contribution in [0.25, 0.3) is 0 Å². The van der Waals surface area contributed by atoms with Gasteiger partial charge in [0.1, 0.15) is 10.6 Å². The summed E-state index contributed by atoms with van der Waals surface area (Å²) >= 11 is 1.14. The Morgan fingerprint density at radius 2 is 2.00 bits per heavy atom. The maximum Gasteiger partial charge on any atom is 0.350 e. The van der Waals surface area contributed by atoms with Crippen molar-refractivity contribution >= 4 is 40.3 Å². The number of methoxy groups -OCH3 is 1. The minimum atomic E-state index is -0.550. The number of amides is 1. The fourth-order valence-electron chi connectivity index (χ4n) is 2.89. The largest absolute Gasteiger partial charge is 0.465 e. The van der Waals surface area contributed by atoms with Crippen molar-refractivity contribution < 1.29 is 19.2 Å². The van der Waals surface area contributed by atoms with E-state index in [9.17, 15) is 19.7 Å². The predicted molar refractivity (Wildman–Crippen MR) is 98.2 cm³/mol. The molecule has 0 spiro atoms. The molecule has 1 saturated heterocycles. The van der Waals surface area contributed by atoms with Crippen LogP contribution < -0.4 is 10.2 Å². The summed E-state index contributed by atoms with van der Waals surface area (Å²) in [7, 11) is 1.26. The Morgan fingerprint density at radius 1 is 1.27 bits per heavy atom. The first-order valence-corrected chi connectivity index (χ1v) is 8.89. The number of nitro groups is 1. The van der Waals surface area contributed by atoms with Crippen molar-refractivity contribution in [1.82, 2.24) is 0 Å². The summed E-state index contributed by atoms with van der Waals surface area (Å²) in [6.07, 6.45) is 1.99. The molecule has 1 aliphatic heterocycles. The lowest BCUT2D eigenvalue weighted by Gasteiger charge is -2.17. The number of hydrogen-bond acceptors (Lipinski definition) is 7. The summed E-state index contributed by atoms with van der Waals surface area (Å²) in [5.41, 5.74) is 0.896. The molecular weight excluding hydrogens is 358 g/mol. The SMILES string of the molecule is COC(=O)c1sccc1NC(=O)c1ccc(N2CCCC2)c([N+](=O)[O-])c1. The lowest BCUT2D eigenvalue weighted by molar-refractivity contribution is -0.384. The first-order chi connectivity index (χ1) is 12.5. The molecule has 136 valence electrons. The third-order valence-electron chi connectivity index (χ3n) is 4.17. The second kappa shape index (κ2) is 7.52. The van der Waals surface area contributed by atoms with E-state index in [2.05, 4.69) is 10.1 Å². The van der Waals surface area contributed by atoms with Crippen LogP contribution in [-0.4, -0.2) is 37.0 Å². The fourth-order valence-corrected chi connectivity index (χ4v) is 3.66. The number of nitrogens with one attached hydrogen (secondary N) is 1. The topological polar surface area (TPSA) is 102 Å². The molecule has 8 nitrogen and oxygen atoms in total. The van der Waals surface area contributed by atoms with E-state index in [-0.39, 0.29) is 16.1 Å². The molecule has 1 fully saturated rings. The van der Waals surface area contributed by atoms with E-state index in [4.69, 9.17) is 0 Å². The van der Waals surface area contributed by atoms with E-state index in [1.165, 1.54) is 13.2 Å². The summed E-state index contributed by atoms with van der Waals surface area (Å²) in [6, 6.07) is 6.02. The first-order valence-electron chi connectivity index (χ1n) is 8.02. The molecule has 1 amide bonds. The average Bonchev–Trinajstić information content (AvgIpc) is 3.32. The molecule has 1 aliphatic rings. The van der Waals surface area contributed by atoms with Crippen LogP contribution in [0.4, 0.5) is 17.1 Å². The minimum absolute atomic E-state index is 0.0990. The van der Waals surface area contributed by atoms with Crippen LogP contribution in [0.3, 0.4) is 0 Å². The number of hydrogen-bond donors (Lipinski definition) is 1. The van der Waals surface area contributed by atoms with E-state index in [0.29, 0.717) is 11.4 Å². The number of anilines is 2. The van der Waals surface area contributed by atoms with Gasteiger partial charge in [-0.2, -0.15) is 0 Å². The fraction of sp³-hybridized carbons (Fsp3) is 0.294. The van der Waals surface area contributed by atoms with Crippen LogP contribution in [0.15, 0.2) is 29.6 Å². The van der Waals surface area contributed by atoms with Gasteiger partial charge in [-0.3, -0.25) is 14.9 Å². The highest BCUT2D eigenvalue weighted by Gasteiger charge is 2.24. The Kier molecular flexibility index (Phi) is 5.17. The molecule has 2 aromatic rings. The van der Waals surface area contributed by atoms with Crippen LogP contribution in [-0.2, 0) is 4.74 Å². The monoisotopic (exact) mass is 375 g/mol. The summed E-state index contributed by atoms with van der Waals surface area (Å²) < 4.78 is 4.67. The van der Waals surface area contributed by atoms with E-state index in [1.54, 1.807) is 23.6 Å². The summed E-state index contributed by atoms with van der Waals surface area (Å²) in [4.78, 5) is 37.4. The number of esters is 1. The van der Waals surface area contributed by atoms with Gasteiger partial charge in [0.15, 0.2) is 0 Å². The van der Waals surface area contributed by atoms with Crippen molar-refractivity contribution in [3.63, 3.8) is 0 Å². The Balaban J connectivity index is 1.86. The van der Waals surface area contributed by atoms with Gasteiger partial charge < -0.3 is 15.0 Å². The number of thiophene rings is 1. The van der Waals surface area contributed by atoms with E-state index < -0.39 is 16.8 Å². The quantitative estimate of drug-likeness (QED) is 0.489. The van der Waals surface area contributed by atoms with Gasteiger partial charge in [-0.25, -0.2) is 4.79 Å². The molecule has 1 aromatic heterocycles. The Bertz CT molecular complexity index is 858. The van der Waals surface area contributed by atoms with Crippen molar-refractivity contribution in [3.05, 3.63) is 50.2 Å². The van der Waals surface area contributed by atoms with E-state index in [1.807, 2.05) is 4.90 Å². The zero-order valence-electron chi connectivity index (χ0n) is 14.1. The molecule has 26 heavy (non-hydrogen) atoms. The molecule has 0 radical (unpaired) electrons. The predicted octanol–water partition coefficient (Wildman–Crippen LogP) is 3.30. The number of carbonyl (C=O) groups is 2. The van der Waals surface area contributed by atoms with Crippen LogP contribution in [0.5, 0.6) is 0 Å². The normalized spacial score (nSPS) is 13.5. The number of nitrogens with zero attached hydrogens (tertiary/aromatic N) is 2. The molecule has 9 heteroatoms. The van der Waals surface area contributed by atoms with Gasteiger partial charge in [0.2, 0.25) is 0 Å². The molecule has 1 aromatic carbocycles. The molecule has 0 saturated carbocycles. The standard InChI is InChI=1S/C17H17N3O5S/c1-25-17(22)15-12(6-9-26-15)18-16(21)11-4-5-13(14(10-11)20(23)24)19-7-2-3-8-19/h4-6,9-10H,2-3,7-8H2,1H3,(H,18,21). The highest BCUT2D eigenvalue weighted by Crippen LogP contribution is 2.32. The molecule has 0 atom stereocenters. The van der Waals surface area contributed by atoms with Gasteiger partial charge in [0, 0.05) is 24.7 Å². The van der Waals surface area contributed by atoms with Crippen molar-refractivity contribution in [2.24, 2.45) is 0 Å². The summed E-state index contributed by atoms with van der Waals surface area (Å²) in [6.45, 7) is 1.54. The van der Waals surface area contributed by atoms with Crippen LogP contribution in [0, 0.1) is 10.1 Å². The Labute approximate surface area is 153 Å². The van der Waals surface area contributed by atoms with Gasteiger partial charge in [-0.15, -0.1) is 11.3 Å². The van der Waals surface area contributed by atoms with Crippen molar-refractivity contribution in [1.29, 1.82) is 0 Å². The van der Waals surface area contributed by atoms with Crippen LogP contribution >= 0.6 is 11.3 Å². The van der Waals surface area contributed by atoms with Crippen molar-refractivity contribution in [2.45, 2.75) is 12.8 Å². The Hall–Kier alpha value is -2.94. The van der Waals surface area contributed by atoms with Gasteiger partial charge in [0.25, 0.3) is 11.6 Å². The molecule has 3 rings (SSSR count). The zero-order valence-corrected chi connectivity index (χ0v) is 14.9. The second-order valence-corrected chi connectivity index (χ2v) is 6.68. The molecule has 2 heterocycles. The van der Waals surface area contributed by atoms with Crippen molar-refractivity contribution in [3.8, 4) is 0 Å². The molecule has 0 aliphatic carbocycles. The van der Waals surface area contributed by atoms with Crippen LogP contribution in [0.2, 0.25) is 0 Å². The number of carbonyl (C=O) groups excluding carboxylic acids is 2. The first kappa shape index (κ1) is 17.9. The molecule has 0 unspecified atom stereocenters. The van der Waals surface area contributed by atoms with Gasteiger partial charge in [0.05, 0.1) is 17.7 Å². The third kappa shape index (κ3) is 3.52. The highest BCUT2D eigenvalue weighted by molar-refractivity contribution is 7.12. The summed E-state index contributed by atoms with van der Waals surface area (Å²) in [5, 5.41) is 15.7. The van der Waals surface area contributed by atoms with Crippen LogP contribution in [0.1, 0.15) is 32.9 Å². The second-order valence-electron chi connectivity index (χ2n) is 5.76. The van der Waals surface area contributed by atoms with Gasteiger partial charge in [-0.1, -0.05) is 0 Å². The smallest absolute Gasteiger partial charge is 0.350 e. The number of nitro benzene ring substituents is 1. The number of benzene rings is 1. The molecule has 1 N–H and O–H groups in total. The lowest BCUT2D eigenvalue weighted by atomic mass is 10.1. The molecular formula is C17H17N3O5S. The van der Waals surface area contributed by atoms with E-state index >= 15 is 0 Å². The average molecular weight is 375 g/mol. The maximum absolute atomic E-state index is 12.5. The zero-order chi connectivity index (χ0) is 18.7. The number of rotatable bonds is 5. The Morgan fingerprint density at radius 3 is 2.65 bits per heavy atom. The van der Waals surface area contributed by atoms with Crippen molar-refractivity contribution in [2.75, 3.05) is 30.4 Å². The third-order valence-corrected chi connectivity index (χ3v) is 5.06. The highest BCUT2D eigenvalue weighted by atomic mass is 32.1. The number of ether oxygens (including phenoxy) is 1. The molecule has 0 bridgehead atoms. The maximum atomic E-state index is 12.5. The van der Waals surface area contributed by atoms with Gasteiger partial charge >= 0.3 is 5.97 Å². The summed E-state index contributed by atoms with van der Waals surface area (Å²) in [5.74, 6) is -1.07. The lowest BCUT2D eigenvalue weighted by Crippen LogP contribution is -2.20. The van der Waals surface area contributed by atoms with E-state index in [0.717, 1.165) is 37.3 Å². The van der Waals surface area contributed by atoms with Gasteiger partial charge in [-0.05, 0) is 36.4 Å². The minimum Gasteiger partial charge on any atom is -0.465 e.